The van der Waals surface area contributed by atoms with Crippen LogP contribution < -0.4 is 0 Å². The van der Waals surface area contributed by atoms with Crippen molar-refractivity contribution in [2.45, 2.75) is 24.9 Å². The molecule has 64 valence electrons. The quantitative estimate of drug-likeness (QED) is 0.596. The lowest BCUT2D eigenvalue weighted by molar-refractivity contribution is -0.146. The van der Waals surface area contributed by atoms with Gasteiger partial charge in [0.1, 0.15) is 0 Å². The maximum atomic E-state index is 10.3. The van der Waals surface area contributed by atoms with Crippen LogP contribution >= 0.6 is 0 Å². The topological polar surface area (TPSA) is 66.8 Å². The van der Waals surface area contributed by atoms with Crippen molar-refractivity contribution in [2.24, 2.45) is 0 Å². The first kappa shape index (κ1) is 8.49. The molecule has 0 amide bonds. The molecule has 2 N–H and O–H groups in total. The number of carboxylic acids is 1. The lowest BCUT2D eigenvalue weighted by atomic mass is 9.91. The van der Waals surface area contributed by atoms with Gasteiger partial charge in [-0.2, -0.15) is 0 Å². The third-order valence-corrected chi connectivity index (χ3v) is 1.90. The fraction of sp³-hybridized carbons (Fsp3) is 0.857. The average Bonchev–Trinajstić information content (AvgIpc) is 1.85. The lowest BCUT2D eigenvalue weighted by Crippen LogP contribution is -2.38. The van der Waals surface area contributed by atoms with Gasteiger partial charge >= 0.3 is 5.97 Å². The predicted molar refractivity (Wildman–Crippen MR) is 37.3 cm³/mol. The maximum Gasteiger partial charge on any atom is 0.306 e. The summed E-state index contributed by atoms with van der Waals surface area (Å²) in [6.45, 7) is 0.924. The Kier molecular flexibility index (Phi) is 2.46. The van der Waals surface area contributed by atoms with Gasteiger partial charge in [0.15, 0.2) is 0 Å². The lowest BCUT2D eigenvalue weighted by Gasteiger charge is -2.30. The molecule has 1 aliphatic heterocycles. The van der Waals surface area contributed by atoms with E-state index < -0.39 is 11.6 Å². The molecule has 0 aliphatic carbocycles. The largest absolute Gasteiger partial charge is 0.481 e. The van der Waals surface area contributed by atoms with Crippen LogP contribution in [0.4, 0.5) is 0 Å². The molecule has 11 heavy (non-hydrogen) atoms. The van der Waals surface area contributed by atoms with Crippen molar-refractivity contribution in [1.29, 1.82) is 0 Å². The molecule has 1 saturated heterocycles. The van der Waals surface area contributed by atoms with Crippen LogP contribution in [0.15, 0.2) is 0 Å². The molecule has 0 aromatic rings. The van der Waals surface area contributed by atoms with E-state index in [0.717, 1.165) is 0 Å². The Hall–Kier alpha value is -0.610. The zero-order valence-corrected chi connectivity index (χ0v) is 6.25. The average molecular weight is 160 g/mol. The molecule has 0 aromatic heterocycles. The van der Waals surface area contributed by atoms with E-state index in [9.17, 15) is 9.90 Å². The highest BCUT2D eigenvalue weighted by Gasteiger charge is 2.31. The summed E-state index contributed by atoms with van der Waals surface area (Å²) in [7, 11) is 0. The van der Waals surface area contributed by atoms with E-state index in [1.54, 1.807) is 0 Å². The summed E-state index contributed by atoms with van der Waals surface area (Å²) in [6, 6.07) is 0. The van der Waals surface area contributed by atoms with E-state index in [4.69, 9.17) is 9.84 Å². The summed E-state index contributed by atoms with van der Waals surface area (Å²) >= 11 is 0. The number of carboxylic acid groups (broad SMARTS) is 1. The van der Waals surface area contributed by atoms with Gasteiger partial charge in [0.05, 0.1) is 12.0 Å². The molecule has 0 saturated carbocycles. The highest BCUT2D eigenvalue weighted by atomic mass is 16.5. The minimum Gasteiger partial charge on any atom is -0.481 e. The summed E-state index contributed by atoms with van der Waals surface area (Å²) < 4.78 is 4.99. The van der Waals surface area contributed by atoms with Crippen molar-refractivity contribution in [3.63, 3.8) is 0 Å². The molecule has 0 bridgehead atoms. The molecule has 0 unspecified atom stereocenters. The van der Waals surface area contributed by atoms with Crippen LogP contribution in [-0.4, -0.2) is 35.0 Å². The van der Waals surface area contributed by atoms with E-state index in [1.807, 2.05) is 0 Å². The van der Waals surface area contributed by atoms with Gasteiger partial charge in [-0.05, 0) is 0 Å². The van der Waals surface area contributed by atoms with Gasteiger partial charge < -0.3 is 14.9 Å². The van der Waals surface area contributed by atoms with Crippen LogP contribution in [0.3, 0.4) is 0 Å². The Balaban J connectivity index is 2.43. The molecule has 0 atom stereocenters. The van der Waals surface area contributed by atoms with Crippen LogP contribution in [0.2, 0.25) is 0 Å². The Labute approximate surface area is 64.8 Å². The number of rotatable bonds is 2. The van der Waals surface area contributed by atoms with E-state index >= 15 is 0 Å². The van der Waals surface area contributed by atoms with E-state index in [0.29, 0.717) is 26.1 Å². The van der Waals surface area contributed by atoms with E-state index in [2.05, 4.69) is 0 Å². The second kappa shape index (κ2) is 3.19. The highest BCUT2D eigenvalue weighted by Crippen LogP contribution is 2.23. The summed E-state index contributed by atoms with van der Waals surface area (Å²) in [4.78, 5) is 10.3. The number of ether oxygens (including phenoxy) is 1. The third kappa shape index (κ3) is 2.48. The van der Waals surface area contributed by atoms with Crippen molar-refractivity contribution in [2.75, 3.05) is 13.2 Å². The molecular weight excluding hydrogens is 148 g/mol. The predicted octanol–water partition coefficient (Wildman–Crippen LogP) is 0.00260. The van der Waals surface area contributed by atoms with Gasteiger partial charge in [-0.3, -0.25) is 4.79 Å². The van der Waals surface area contributed by atoms with Crippen molar-refractivity contribution >= 4 is 5.97 Å². The Morgan fingerprint density at radius 3 is 2.45 bits per heavy atom. The molecule has 0 radical (unpaired) electrons. The number of hydrogen-bond donors (Lipinski definition) is 2. The Morgan fingerprint density at radius 2 is 2.00 bits per heavy atom. The van der Waals surface area contributed by atoms with Crippen LogP contribution in [-0.2, 0) is 9.53 Å². The minimum absolute atomic E-state index is 0.170. The second-order valence-corrected chi connectivity index (χ2v) is 2.91. The number of carbonyl (C=O) groups is 1. The molecule has 1 rings (SSSR count). The normalized spacial score (nSPS) is 23.0. The molecule has 0 aromatic carbocycles. The summed E-state index contributed by atoms with van der Waals surface area (Å²) in [5.74, 6) is -0.950. The molecular formula is C7H12O4. The van der Waals surface area contributed by atoms with E-state index in [-0.39, 0.29) is 6.42 Å². The Bertz CT molecular complexity index is 149. The third-order valence-electron chi connectivity index (χ3n) is 1.90. The molecule has 1 fully saturated rings. The van der Waals surface area contributed by atoms with Crippen molar-refractivity contribution in [1.82, 2.24) is 0 Å². The smallest absolute Gasteiger partial charge is 0.306 e. The molecule has 4 nitrogen and oxygen atoms in total. The second-order valence-electron chi connectivity index (χ2n) is 2.91. The summed E-state index contributed by atoms with van der Waals surface area (Å²) in [5, 5.41) is 18.0. The molecule has 1 aliphatic rings. The maximum absolute atomic E-state index is 10.3. The van der Waals surface area contributed by atoms with Crippen molar-refractivity contribution in [3.8, 4) is 0 Å². The standard InChI is InChI=1S/C7H12O4/c8-6(9)5-7(10)1-3-11-4-2-7/h10H,1-5H2,(H,8,9). The fourth-order valence-electron chi connectivity index (χ4n) is 1.21. The van der Waals surface area contributed by atoms with Crippen LogP contribution in [0.1, 0.15) is 19.3 Å². The summed E-state index contributed by atoms with van der Waals surface area (Å²) in [6.07, 6.45) is 0.689. The molecule has 1 heterocycles. The van der Waals surface area contributed by atoms with Crippen molar-refractivity contribution < 1.29 is 19.7 Å². The van der Waals surface area contributed by atoms with Gasteiger partial charge in [-0.1, -0.05) is 0 Å². The van der Waals surface area contributed by atoms with Gasteiger partial charge in [-0.15, -0.1) is 0 Å². The zero-order chi connectivity index (χ0) is 8.32. The number of aliphatic carboxylic acids is 1. The highest BCUT2D eigenvalue weighted by molar-refractivity contribution is 5.68. The number of aliphatic hydroxyl groups is 1. The van der Waals surface area contributed by atoms with Gasteiger partial charge in [0.2, 0.25) is 0 Å². The van der Waals surface area contributed by atoms with Crippen molar-refractivity contribution in [3.05, 3.63) is 0 Å². The van der Waals surface area contributed by atoms with Crippen LogP contribution in [0.25, 0.3) is 0 Å². The van der Waals surface area contributed by atoms with Gasteiger partial charge in [-0.25, -0.2) is 0 Å². The molecule has 0 spiro atoms. The Morgan fingerprint density at radius 1 is 1.45 bits per heavy atom. The SMILES string of the molecule is O=C(O)CC1(O)CCOCC1. The van der Waals surface area contributed by atoms with Gasteiger partial charge in [0, 0.05) is 26.1 Å². The number of hydrogen-bond acceptors (Lipinski definition) is 3. The monoisotopic (exact) mass is 160 g/mol. The fourth-order valence-corrected chi connectivity index (χ4v) is 1.21. The van der Waals surface area contributed by atoms with Gasteiger partial charge in [0.25, 0.3) is 0 Å². The minimum atomic E-state index is -1.02. The first-order valence-electron chi connectivity index (χ1n) is 3.64. The zero-order valence-electron chi connectivity index (χ0n) is 6.25. The van der Waals surface area contributed by atoms with E-state index in [1.165, 1.54) is 0 Å². The van der Waals surface area contributed by atoms with Crippen LogP contribution in [0, 0.1) is 0 Å². The van der Waals surface area contributed by atoms with Crippen LogP contribution in [0.5, 0.6) is 0 Å². The first-order chi connectivity index (χ1) is 5.12. The summed E-state index contributed by atoms with van der Waals surface area (Å²) in [5.41, 5.74) is -1.02. The molecule has 4 heteroatoms. The first-order valence-corrected chi connectivity index (χ1v) is 3.64.